The van der Waals surface area contributed by atoms with Crippen LogP contribution in [0.1, 0.15) is 12.8 Å². The van der Waals surface area contributed by atoms with Gasteiger partial charge in [-0.25, -0.2) is 19.5 Å². The quantitative estimate of drug-likeness (QED) is 0.247. The first-order valence-electron chi connectivity index (χ1n) is 5.79. The van der Waals surface area contributed by atoms with Gasteiger partial charge in [0.2, 0.25) is 0 Å². The number of unbranched alkanes of at least 4 members (excludes halogenated alkanes) is 1. The molecule has 0 radical (unpaired) electrons. The number of rotatable bonds is 8. The summed E-state index contributed by atoms with van der Waals surface area (Å²) >= 11 is 0. The van der Waals surface area contributed by atoms with E-state index in [1.165, 1.54) is 12.4 Å². The molecule has 0 aliphatic heterocycles. The van der Waals surface area contributed by atoms with Crippen LogP contribution >= 0.6 is 15.5 Å². The number of aromatic nitrogens is 2. The Morgan fingerprint density at radius 1 is 1.24 bits per heavy atom. The second-order valence-electron chi connectivity index (χ2n) is 3.88. The summed E-state index contributed by atoms with van der Waals surface area (Å²) in [5.74, 6) is 0. The van der Waals surface area contributed by atoms with Gasteiger partial charge in [-0.15, -0.1) is 0 Å². The van der Waals surface area contributed by atoms with E-state index in [1.54, 1.807) is 6.07 Å². The van der Waals surface area contributed by atoms with Gasteiger partial charge in [0, 0.05) is 18.9 Å². The summed E-state index contributed by atoms with van der Waals surface area (Å²) in [4.78, 5) is 55.5. The molecule has 1 rings (SSSR count). The van der Waals surface area contributed by atoms with Crippen molar-refractivity contribution in [2.24, 2.45) is 4.99 Å². The summed E-state index contributed by atoms with van der Waals surface area (Å²) in [7, 11) is -9.82. The molecule has 0 aliphatic rings. The van der Waals surface area contributed by atoms with E-state index in [4.69, 9.17) is 29.2 Å². The highest BCUT2D eigenvalue weighted by atomic mass is 31.3. The topological polar surface area (TPSA) is 166 Å². The van der Waals surface area contributed by atoms with Crippen molar-refractivity contribution in [3.8, 4) is 6.01 Å². The number of nitrogens with zero attached hydrogens (tertiary/aromatic N) is 3. The lowest BCUT2D eigenvalue weighted by atomic mass is 10.3. The molecule has 10 nitrogen and oxygen atoms in total. The Morgan fingerprint density at radius 2 is 1.86 bits per heavy atom. The Labute approximate surface area is 120 Å². The van der Waals surface area contributed by atoms with E-state index in [9.17, 15) is 4.57 Å². The third-order valence-corrected chi connectivity index (χ3v) is 5.03. The number of hydrogen-bond donors (Lipinski definition) is 5. The molecular weight excluding hydrogens is 324 g/mol. The van der Waals surface area contributed by atoms with Crippen LogP contribution in [0, 0.1) is 0 Å². The molecule has 0 spiro atoms. The van der Waals surface area contributed by atoms with Crippen LogP contribution in [0.4, 0.5) is 0 Å². The maximum atomic E-state index is 11.0. The van der Waals surface area contributed by atoms with Crippen molar-refractivity contribution in [3.63, 3.8) is 0 Å². The van der Waals surface area contributed by atoms with Crippen molar-refractivity contribution in [2.45, 2.75) is 12.8 Å². The first kappa shape index (κ1) is 18.1. The second-order valence-corrected chi connectivity index (χ2v) is 7.31. The molecular formula is C9H16N3O7P2+. The van der Waals surface area contributed by atoms with Crippen molar-refractivity contribution in [1.29, 1.82) is 0 Å². The summed E-state index contributed by atoms with van der Waals surface area (Å²) in [5.41, 5.74) is 0. The van der Waals surface area contributed by atoms with Gasteiger partial charge >= 0.3 is 26.7 Å². The molecule has 0 unspecified atom stereocenters. The lowest BCUT2D eigenvalue weighted by Crippen LogP contribution is -2.07. The third kappa shape index (κ3) is 7.01. The van der Waals surface area contributed by atoms with Gasteiger partial charge in [0.25, 0.3) is 0 Å². The van der Waals surface area contributed by atoms with Crippen LogP contribution in [-0.2, 0) is 4.57 Å². The normalized spacial score (nSPS) is 13.3. The van der Waals surface area contributed by atoms with Crippen LogP contribution in [0.3, 0.4) is 0 Å². The van der Waals surface area contributed by atoms with Crippen LogP contribution in [-0.4, -0.2) is 52.8 Å². The highest BCUT2D eigenvalue weighted by Crippen LogP contribution is 2.60. The number of hydrogen-bond acceptors (Lipinski definition) is 8. The fourth-order valence-corrected chi connectivity index (χ4v) is 3.25. The molecule has 1 aromatic rings. The van der Waals surface area contributed by atoms with E-state index in [2.05, 4.69) is 15.0 Å². The van der Waals surface area contributed by atoms with Gasteiger partial charge in [-0.05, 0) is 18.9 Å². The number of ether oxygens (including phenoxy) is 1. The smallest absolute Gasteiger partial charge is 0.463 e. The molecule has 1 aromatic heterocycles. The van der Waals surface area contributed by atoms with Crippen molar-refractivity contribution in [3.05, 3.63) is 18.5 Å². The fraction of sp³-hybridized carbons (Fsp3) is 0.444. The average molecular weight is 340 g/mol. The molecule has 5 N–H and O–H groups in total. The van der Waals surface area contributed by atoms with Crippen LogP contribution < -0.4 is 4.74 Å². The minimum atomic E-state index is -5.00. The Hall–Kier alpha value is -0.990. The van der Waals surface area contributed by atoms with E-state index in [1.807, 2.05) is 0 Å². The SMILES string of the molecule is O=P(O)(O)C(=NCCCCOc1ncccn1)[P+](O)(O)O. The van der Waals surface area contributed by atoms with Gasteiger partial charge in [-0.1, -0.05) is 0 Å². The largest absolute Gasteiger partial charge is 0.469 e. The van der Waals surface area contributed by atoms with Crippen molar-refractivity contribution in [2.75, 3.05) is 13.2 Å². The zero-order valence-electron chi connectivity index (χ0n) is 10.8. The van der Waals surface area contributed by atoms with Crippen LogP contribution in [0.15, 0.2) is 23.5 Å². The number of aliphatic imine (C=N–C) groups is 1. The molecule has 0 amide bonds. The average Bonchev–Trinajstić information content (AvgIpc) is 2.35. The molecule has 21 heavy (non-hydrogen) atoms. The molecule has 0 atom stereocenters. The summed E-state index contributed by atoms with van der Waals surface area (Å²) in [6.07, 6.45) is 3.87. The van der Waals surface area contributed by atoms with Gasteiger partial charge in [0.1, 0.15) is 0 Å². The molecule has 12 heteroatoms. The lowest BCUT2D eigenvalue weighted by Gasteiger charge is -2.08. The summed E-state index contributed by atoms with van der Waals surface area (Å²) < 4.78 is 16.1. The molecule has 0 bridgehead atoms. The Bertz CT molecular complexity index is 514. The Balaban J connectivity index is 2.38. The predicted molar refractivity (Wildman–Crippen MR) is 74.7 cm³/mol. The molecule has 0 saturated carbocycles. The van der Waals surface area contributed by atoms with Gasteiger partial charge in [-0.3, -0.25) is 0 Å². The van der Waals surface area contributed by atoms with Gasteiger partial charge in [-0.2, -0.15) is 14.7 Å². The second kappa shape index (κ2) is 7.86. The van der Waals surface area contributed by atoms with Gasteiger partial charge < -0.3 is 14.5 Å². The first-order valence-corrected chi connectivity index (χ1v) is 9.05. The molecule has 118 valence electrons. The van der Waals surface area contributed by atoms with E-state index < -0.39 is 20.7 Å². The zero-order chi connectivity index (χ0) is 15.9. The molecule has 1 heterocycles. The molecule has 0 aliphatic carbocycles. The monoisotopic (exact) mass is 340 g/mol. The standard InChI is InChI=1S/C9H15N3O7P2/c13-20(14,15)9(21(16,17)18)12-4-1-2-7-19-8-10-5-3-6-11-8/h3,5-6,13-15H,1-2,4,7H2,(H-,16,17,18)/p+1. The molecule has 0 aromatic carbocycles. The van der Waals surface area contributed by atoms with E-state index in [0.29, 0.717) is 12.8 Å². The highest BCUT2D eigenvalue weighted by molar-refractivity contribution is 8.00. The van der Waals surface area contributed by atoms with Crippen molar-refractivity contribution >= 4 is 20.7 Å². The first-order chi connectivity index (χ1) is 9.71. The third-order valence-electron chi connectivity index (χ3n) is 2.11. The van der Waals surface area contributed by atoms with Crippen LogP contribution in [0.5, 0.6) is 6.01 Å². The summed E-state index contributed by atoms with van der Waals surface area (Å²) in [5, 5.41) is -1.28. The minimum absolute atomic E-state index is 0.0944. The van der Waals surface area contributed by atoms with Crippen LogP contribution in [0.2, 0.25) is 0 Å². The van der Waals surface area contributed by atoms with Crippen LogP contribution in [0.25, 0.3) is 0 Å². The Kier molecular flexibility index (Phi) is 6.76. The van der Waals surface area contributed by atoms with E-state index >= 15 is 0 Å². The van der Waals surface area contributed by atoms with Crippen molar-refractivity contribution < 1.29 is 33.8 Å². The predicted octanol–water partition coefficient (Wildman–Crippen LogP) is -0.0912. The fourth-order valence-electron chi connectivity index (χ4n) is 1.28. The van der Waals surface area contributed by atoms with Crippen molar-refractivity contribution in [1.82, 2.24) is 9.97 Å². The lowest BCUT2D eigenvalue weighted by molar-refractivity contribution is 0.284. The molecule has 0 saturated heterocycles. The van der Waals surface area contributed by atoms with E-state index in [-0.39, 0.29) is 19.2 Å². The van der Waals surface area contributed by atoms with Gasteiger partial charge in [0.15, 0.2) is 0 Å². The maximum absolute atomic E-state index is 11.0. The zero-order valence-corrected chi connectivity index (χ0v) is 12.6. The Morgan fingerprint density at radius 3 is 2.38 bits per heavy atom. The minimum Gasteiger partial charge on any atom is -0.463 e. The highest BCUT2D eigenvalue weighted by Gasteiger charge is 2.51. The van der Waals surface area contributed by atoms with Gasteiger partial charge in [0.05, 0.1) is 6.61 Å². The molecule has 0 fully saturated rings. The maximum Gasteiger partial charge on any atom is 0.469 e. The summed E-state index contributed by atoms with van der Waals surface area (Å²) in [6, 6.07) is 1.85. The van der Waals surface area contributed by atoms with E-state index in [0.717, 1.165) is 0 Å². The summed E-state index contributed by atoms with van der Waals surface area (Å²) in [6.45, 7) is 0.172.